The standard InChI is InChI=1S/C17H24O10/c1-6-3-8(19)11-7(15(23)24-2)5-25-16(10(6)11)27-17-14(22)13(21)12(20)9(4-18)26-17/h5-6,9-14,16-18,20-22H,3-4H2,1-2H3/t6-,9-,10+,11-,12-,13+,14-,16-,17+/m1/s1. The number of fused-ring (bicyclic) bond motifs is 1. The van der Waals surface area contributed by atoms with E-state index in [0.717, 1.165) is 6.26 Å². The molecule has 0 aromatic carbocycles. The topological polar surface area (TPSA) is 152 Å². The van der Waals surface area contributed by atoms with Gasteiger partial charge in [0.1, 0.15) is 30.2 Å². The van der Waals surface area contributed by atoms with Gasteiger partial charge in [0.25, 0.3) is 0 Å². The highest BCUT2D eigenvalue weighted by molar-refractivity contribution is 5.99. The molecule has 1 saturated carbocycles. The summed E-state index contributed by atoms with van der Waals surface area (Å²) in [6, 6.07) is 0. The number of carbonyl (C=O) groups is 2. The Morgan fingerprint density at radius 3 is 2.56 bits per heavy atom. The largest absolute Gasteiger partial charge is 0.472 e. The highest BCUT2D eigenvalue weighted by Gasteiger charge is 2.54. The average molecular weight is 388 g/mol. The van der Waals surface area contributed by atoms with Gasteiger partial charge in [-0.25, -0.2) is 4.79 Å². The summed E-state index contributed by atoms with van der Waals surface area (Å²) in [5.74, 6) is -2.28. The summed E-state index contributed by atoms with van der Waals surface area (Å²) in [4.78, 5) is 24.4. The number of rotatable bonds is 4. The van der Waals surface area contributed by atoms with Gasteiger partial charge in [-0.15, -0.1) is 0 Å². The molecule has 152 valence electrons. The molecule has 2 aliphatic heterocycles. The Balaban J connectivity index is 1.82. The zero-order chi connectivity index (χ0) is 19.9. The van der Waals surface area contributed by atoms with E-state index in [9.17, 15) is 30.0 Å². The van der Waals surface area contributed by atoms with Gasteiger partial charge in [0.15, 0.2) is 6.29 Å². The number of aliphatic hydroxyl groups is 4. The fraction of sp³-hybridized carbons (Fsp3) is 0.765. The summed E-state index contributed by atoms with van der Waals surface area (Å²) >= 11 is 0. The zero-order valence-corrected chi connectivity index (χ0v) is 14.9. The van der Waals surface area contributed by atoms with Gasteiger partial charge < -0.3 is 39.4 Å². The van der Waals surface area contributed by atoms with E-state index < -0.39 is 61.4 Å². The van der Waals surface area contributed by atoms with Crippen molar-refractivity contribution in [2.75, 3.05) is 13.7 Å². The molecule has 0 spiro atoms. The van der Waals surface area contributed by atoms with Crippen molar-refractivity contribution in [3.63, 3.8) is 0 Å². The first-order chi connectivity index (χ1) is 12.8. The molecule has 10 heteroatoms. The van der Waals surface area contributed by atoms with Crippen LogP contribution in [0.4, 0.5) is 0 Å². The summed E-state index contributed by atoms with van der Waals surface area (Å²) in [6.45, 7) is 1.22. The van der Waals surface area contributed by atoms with Gasteiger partial charge in [-0.05, 0) is 5.92 Å². The van der Waals surface area contributed by atoms with Crippen molar-refractivity contribution in [3.8, 4) is 0 Å². The van der Waals surface area contributed by atoms with Gasteiger partial charge in [-0.1, -0.05) is 6.92 Å². The number of ether oxygens (including phenoxy) is 4. The Morgan fingerprint density at radius 2 is 1.93 bits per heavy atom. The highest BCUT2D eigenvalue weighted by Crippen LogP contribution is 2.45. The normalized spacial score (nSPS) is 44.3. The van der Waals surface area contributed by atoms with Crippen LogP contribution in [-0.4, -0.2) is 82.9 Å². The van der Waals surface area contributed by atoms with E-state index >= 15 is 0 Å². The number of hydrogen-bond donors (Lipinski definition) is 4. The van der Waals surface area contributed by atoms with Gasteiger partial charge >= 0.3 is 5.97 Å². The van der Waals surface area contributed by atoms with Gasteiger partial charge in [0, 0.05) is 12.3 Å². The molecule has 1 aliphatic carbocycles. The Kier molecular flexibility index (Phi) is 5.84. The second-order valence-corrected chi connectivity index (χ2v) is 7.11. The van der Waals surface area contributed by atoms with E-state index in [2.05, 4.69) is 0 Å². The molecular weight excluding hydrogens is 364 g/mol. The fourth-order valence-electron chi connectivity index (χ4n) is 3.96. The summed E-state index contributed by atoms with van der Waals surface area (Å²) in [7, 11) is 1.21. The number of carbonyl (C=O) groups excluding carboxylic acids is 2. The number of esters is 1. The minimum Gasteiger partial charge on any atom is -0.472 e. The molecule has 9 atom stereocenters. The molecule has 10 nitrogen and oxygen atoms in total. The van der Waals surface area contributed by atoms with E-state index in [4.69, 9.17) is 18.9 Å². The van der Waals surface area contributed by atoms with Crippen LogP contribution in [0.25, 0.3) is 0 Å². The molecule has 1 saturated heterocycles. The van der Waals surface area contributed by atoms with Gasteiger partial charge in [0.05, 0.1) is 31.5 Å². The van der Waals surface area contributed by atoms with Crippen molar-refractivity contribution in [2.45, 2.75) is 50.3 Å². The number of ketones is 1. The minimum absolute atomic E-state index is 0.102. The molecule has 0 aromatic heterocycles. The molecular formula is C17H24O10. The van der Waals surface area contributed by atoms with Crippen LogP contribution in [0.1, 0.15) is 13.3 Å². The van der Waals surface area contributed by atoms with Crippen LogP contribution in [-0.2, 0) is 28.5 Å². The molecule has 2 heterocycles. The number of aliphatic hydroxyl groups excluding tert-OH is 4. The predicted octanol–water partition coefficient (Wildman–Crippen LogP) is -1.94. The van der Waals surface area contributed by atoms with E-state index in [0.29, 0.717) is 0 Å². The molecule has 0 bridgehead atoms. The predicted molar refractivity (Wildman–Crippen MR) is 85.6 cm³/mol. The number of methoxy groups -OCH3 is 1. The second kappa shape index (κ2) is 7.82. The second-order valence-electron chi connectivity index (χ2n) is 7.11. The molecule has 0 aromatic rings. The SMILES string of the molecule is COC(=O)C1=CO[C@H](O[C@@H]2O[C@H](CO)[C@@H](O)[C@H](O)[C@H]2O)[C@@H]2[C@H]1C(=O)C[C@H]2C. The highest BCUT2D eigenvalue weighted by atomic mass is 16.8. The molecule has 3 rings (SSSR count). The van der Waals surface area contributed by atoms with Crippen molar-refractivity contribution in [1.82, 2.24) is 0 Å². The summed E-state index contributed by atoms with van der Waals surface area (Å²) < 4.78 is 21.2. The van der Waals surface area contributed by atoms with Crippen LogP contribution in [0.5, 0.6) is 0 Å². The number of Topliss-reactive ketones (excluding diaryl/α,β-unsaturated/α-hetero) is 1. The molecule has 4 N–H and O–H groups in total. The lowest BCUT2D eigenvalue weighted by molar-refractivity contribution is -0.342. The maximum atomic E-state index is 12.4. The van der Waals surface area contributed by atoms with E-state index in [1.807, 2.05) is 6.92 Å². The van der Waals surface area contributed by atoms with Crippen LogP contribution >= 0.6 is 0 Å². The minimum atomic E-state index is -1.59. The summed E-state index contributed by atoms with van der Waals surface area (Å²) in [6.07, 6.45) is -6.93. The van der Waals surface area contributed by atoms with Crippen LogP contribution in [0.15, 0.2) is 11.8 Å². The van der Waals surface area contributed by atoms with Crippen LogP contribution in [0.2, 0.25) is 0 Å². The maximum absolute atomic E-state index is 12.4. The van der Waals surface area contributed by atoms with Crippen molar-refractivity contribution in [2.24, 2.45) is 17.8 Å². The van der Waals surface area contributed by atoms with Crippen LogP contribution in [0.3, 0.4) is 0 Å². The fourth-order valence-corrected chi connectivity index (χ4v) is 3.96. The monoisotopic (exact) mass is 388 g/mol. The first kappa shape index (κ1) is 20.2. The van der Waals surface area contributed by atoms with E-state index in [1.54, 1.807) is 0 Å². The first-order valence-electron chi connectivity index (χ1n) is 8.72. The molecule has 2 fully saturated rings. The van der Waals surface area contributed by atoms with Crippen molar-refractivity contribution in [3.05, 3.63) is 11.8 Å². The third-order valence-corrected chi connectivity index (χ3v) is 5.43. The van der Waals surface area contributed by atoms with Crippen molar-refractivity contribution in [1.29, 1.82) is 0 Å². The molecule has 0 unspecified atom stereocenters. The Labute approximate surface area is 155 Å². The van der Waals surface area contributed by atoms with Crippen molar-refractivity contribution < 1.29 is 49.0 Å². The van der Waals surface area contributed by atoms with E-state index in [1.165, 1.54) is 7.11 Å². The maximum Gasteiger partial charge on any atom is 0.337 e. The zero-order valence-electron chi connectivity index (χ0n) is 14.9. The molecule has 0 amide bonds. The summed E-state index contributed by atoms with van der Waals surface area (Å²) in [5.41, 5.74) is 0.102. The Bertz CT molecular complexity index is 617. The summed E-state index contributed by atoms with van der Waals surface area (Å²) in [5, 5.41) is 39.1. The first-order valence-corrected chi connectivity index (χ1v) is 8.72. The quantitative estimate of drug-likeness (QED) is 0.400. The van der Waals surface area contributed by atoms with E-state index in [-0.39, 0.29) is 23.7 Å². The van der Waals surface area contributed by atoms with Crippen LogP contribution in [0, 0.1) is 17.8 Å². The lowest BCUT2D eigenvalue weighted by atomic mass is 9.83. The molecule has 0 radical (unpaired) electrons. The van der Waals surface area contributed by atoms with Gasteiger partial charge in [0.2, 0.25) is 6.29 Å². The molecule has 3 aliphatic rings. The lowest BCUT2D eigenvalue weighted by Gasteiger charge is -2.42. The van der Waals surface area contributed by atoms with Crippen molar-refractivity contribution >= 4 is 11.8 Å². The third-order valence-electron chi connectivity index (χ3n) is 5.43. The number of hydrogen-bond acceptors (Lipinski definition) is 10. The van der Waals surface area contributed by atoms with Crippen LogP contribution < -0.4 is 0 Å². The average Bonchev–Trinajstić information content (AvgIpc) is 2.96. The smallest absolute Gasteiger partial charge is 0.337 e. The Morgan fingerprint density at radius 1 is 1.22 bits per heavy atom. The lowest BCUT2D eigenvalue weighted by Crippen LogP contribution is -2.60. The van der Waals surface area contributed by atoms with Gasteiger partial charge in [-0.3, -0.25) is 4.79 Å². The molecule has 27 heavy (non-hydrogen) atoms. The van der Waals surface area contributed by atoms with Gasteiger partial charge in [-0.2, -0.15) is 0 Å². The third kappa shape index (κ3) is 3.48. The Hall–Kier alpha value is -1.56.